The molecule has 2 aromatic rings. The minimum atomic E-state index is -1.14. The van der Waals surface area contributed by atoms with E-state index < -0.39 is 11.9 Å². The van der Waals surface area contributed by atoms with E-state index in [4.69, 9.17) is 27.9 Å². The predicted octanol–water partition coefficient (Wildman–Crippen LogP) is 7.64. The van der Waals surface area contributed by atoms with Gasteiger partial charge in [0.05, 0.1) is 5.02 Å². The number of phenolic OH excluding ortho intramolecular Hbond substituents is 1. The van der Waals surface area contributed by atoms with Gasteiger partial charge in [0.25, 0.3) is 0 Å². The molecule has 36 heavy (non-hydrogen) atoms. The zero-order chi connectivity index (χ0) is 26.4. The number of aromatic hydroxyl groups is 1. The second kappa shape index (κ2) is 9.79. The second-order valence-electron chi connectivity index (χ2n) is 10.8. The van der Waals surface area contributed by atoms with Crippen LogP contribution in [0.15, 0.2) is 24.3 Å². The number of carbonyl (C=O) groups excluding carboxylic acids is 1. The molecule has 3 atom stereocenters. The van der Waals surface area contributed by atoms with E-state index in [-0.39, 0.29) is 51.8 Å². The maximum atomic E-state index is 12.6. The third-order valence-electron chi connectivity index (χ3n) is 8.82. The van der Waals surface area contributed by atoms with Gasteiger partial charge in [-0.2, -0.15) is 0 Å². The molecule has 3 N–H and O–H groups in total. The fourth-order valence-corrected chi connectivity index (χ4v) is 6.87. The number of benzene rings is 2. The van der Waals surface area contributed by atoms with Gasteiger partial charge >= 0.3 is 11.9 Å². The molecule has 0 heterocycles. The molecule has 6 nitrogen and oxygen atoms in total. The lowest BCUT2D eigenvalue weighted by atomic mass is 9.64. The van der Waals surface area contributed by atoms with Gasteiger partial charge < -0.3 is 20.3 Å². The summed E-state index contributed by atoms with van der Waals surface area (Å²) in [6, 6.07) is 6.29. The predicted molar refractivity (Wildman–Crippen MR) is 141 cm³/mol. The number of carboxylic acids is 1. The van der Waals surface area contributed by atoms with E-state index >= 15 is 0 Å². The van der Waals surface area contributed by atoms with Crippen LogP contribution in [0.4, 0.5) is 5.69 Å². The molecule has 4 rings (SSSR count). The number of hydrogen-bond donors (Lipinski definition) is 3. The topological polar surface area (TPSA) is 95.9 Å². The van der Waals surface area contributed by atoms with Crippen molar-refractivity contribution in [2.45, 2.75) is 72.3 Å². The third-order valence-corrected chi connectivity index (χ3v) is 9.32. The molecule has 2 aliphatic rings. The first-order valence-corrected chi connectivity index (χ1v) is 13.2. The summed E-state index contributed by atoms with van der Waals surface area (Å²) in [6.45, 7) is 8.91. The number of esters is 1. The van der Waals surface area contributed by atoms with Crippen LogP contribution in [-0.4, -0.2) is 22.2 Å². The number of anilines is 1. The average Bonchev–Trinajstić information content (AvgIpc) is 3.14. The van der Waals surface area contributed by atoms with Crippen LogP contribution in [0.2, 0.25) is 10.0 Å². The highest BCUT2D eigenvalue weighted by atomic mass is 35.5. The maximum Gasteiger partial charge on any atom is 0.339 e. The Labute approximate surface area is 221 Å². The molecule has 2 saturated carbocycles. The molecule has 8 heteroatoms. The van der Waals surface area contributed by atoms with Gasteiger partial charge in [-0.15, -0.1) is 0 Å². The molecule has 0 aromatic heterocycles. The maximum absolute atomic E-state index is 12.6. The first kappa shape index (κ1) is 26.6. The number of hydrogen-bond acceptors (Lipinski definition) is 5. The monoisotopic (exact) mass is 533 g/mol. The summed E-state index contributed by atoms with van der Waals surface area (Å²) in [6.07, 6.45) is 3.81. The standard InChI is InChI=1S/C28H33Cl2NO5/c1-5-6-22(32)36-25-18(26(34)35)7-8-21(31-14-15-11-17(29)13-20(30)24(15)33)23(25)19-12-16-9-10-28(19,4)27(16,2)3/h7-8,11,13,16,19,31,33H,5-6,9-10,12,14H2,1-4H3,(H,34,35). The van der Waals surface area contributed by atoms with Gasteiger partial charge in [-0.3, -0.25) is 4.79 Å². The van der Waals surface area contributed by atoms with Crippen molar-refractivity contribution in [1.82, 2.24) is 0 Å². The number of carbonyl (C=O) groups is 2. The molecule has 2 fully saturated rings. The molecule has 2 aromatic carbocycles. The lowest BCUT2D eigenvalue weighted by Crippen LogP contribution is -2.32. The van der Waals surface area contributed by atoms with Gasteiger partial charge in [-0.1, -0.05) is 50.9 Å². The minimum Gasteiger partial charge on any atom is -0.506 e. The van der Waals surface area contributed by atoms with Crippen LogP contribution in [0.5, 0.6) is 11.5 Å². The largest absolute Gasteiger partial charge is 0.506 e. The van der Waals surface area contributed by atoms with Crippen LogP contribution in [-0.2, 0) is 11.3 Å². The Morgan fingerprint density at radius 1 is 1.19 bits per heavy atom. The number of carboxylic acid groups (broad SMARTS) is 1. The molecule has 2 aliphatic carbocycles. The molecule has 0 aliphatic heterocycles. The number of aromatic carboxylic acids is 1. The van der Waals surface area contributed by atoms with Gasteiger partial charge in [0, 0.05) is 34.8 Å². The van der Waals surface area contributed by atoms with Crippen molar-refractivity contribution >= 4 is 40.8 Å². The number of fused-ring (bicyclic) bond motifs is 2. The van der Waals surface area contributed by atoms with Crippen molar-refractivity contribution < 1.29 is 24.5 Å². The van der Waals surface area contributed by atoms with Gasteiger partial charge in [-0.25, -0.2) is 4.79 Å². The zero-order valence-electron chi connectivity index (χ0n) is 21.1. The molecule has 0 radical (unpaired) electrons. The summed E-state index contributed by atoms with van der Waals surface area (Å²) >= 11 is 12.3. The fourth-order valence-electron chi connectivity index (χ4n) is 6.33. The van der Waals surface area contributed by atoms with E-state index in [9.17, 15) is 19.8 Å². The number of rotatable bonds is 8. The SMILES string of the molecule is CCCC(=O)Oc1c(C(=O)O)ccc(NCc2cc(Cl)cc(Cl)c2O)c1C1CC2CCC1(C)C2(C)C. The summed E-state index contributed by atoms with van der Waals surface area (Å²) in [5.41, 5.74) is 1.81. The van der Waals surface area contributed by atoms with Crippen molar-refractivity contribution in [3.05, 3.63) is 51.0 Å². The van der Waals surface area contributed by atoms with Crippen molar-refractivity contribution in [3.63, 3.8) is 0 Å². The number of nitrogens with one attached hydrogen (secondary N) is 1. The van der Waals surface area contributed by atoms with E-state index in [0.29, 0.717) is 34.2 Å². The summed E-state index contributed by atoms with van der Waals surface area (Å²) in [4.78, 5) is 24.9. The van der Waals surface area contributed by atoms with E-state index in [1.54, 1.807) is 12.1 Å². The lowest BCUT2D eigenvalue weighted by molar-refractivity contribution is -0.134. The van der Waals surface area contributed by atoms with Gasteiger partial charge in [0.2, 0.25) is 0 Å². The van der Waals surface area contributed by atoms with Crippen LogP contribution in [0, 0.1) is 16.7 Å². The minimum absolute atomic E-state index is 0.00553. The average molecular weight is 534 g/mol. The Hall–Kier alpha value is -2.44. The van der Waals surface area contributed by atoms with Crippen LogP contribution in [0.1, 0.15) is 87.2 Å². The third kappa shape index (κ3) is 4.43. The Balaban J connectivity index is 1.84. The van der Waals surface area contributed by atoms with E-state index in [1.165, 1.54) is 12.1 Å². The van der Waals surface area contributed by atoms with Crippen molar-refractivity contribution in [3.8, 4) is 11.5 Å². The summed E-state index contributed by atoms with van der Waals surface area (Å²) < 4.78 is 5.81. The van der Waals surface area contributed by atoms with E-state index in [2.05, 4.69) is 26.1 Å². The first-order chi connectivity index (χ1) is 16.9. The van der Waals surface area contributed by atoms with E-state index in [1.807, 2.05) is 6.92 Å². The first-order valence-electron chi connectivity index (χ1n) is 12.4. The quantitative estimate of drug-likeness (QED) is 0.238. The molecule has 0 spiro atoms. The highest BCUT2D eigenvalue weighted by Gasteiger charge is 2.62. The van der Waals surface area contributed by atoms with Gasteiger partial charge in [0.15, 0.2) is 5.75 Å². The number of halogens is 2. The van der Waals surface area contributed by atoms with Crippen LogP contribution >= 0.6 is 23.2 Å². The lowest BCUT2D eigenvalue weighted by Gasteiger charge is -2.40. The normalized spacial score (nSPS) is 24.1. The molecule has 194 valence electrons. The highest BCUT2D eigenvalue weighted by Crippen LogP contribution is 2.72. The molecule has 3 unspecified atom stereocenters. The van der Waals surface area contributed by atoms with Crippen molar-refractivity contribution in [1.29, 1.82) is 0 Å². The smallest absolute Gasteiger partial charge is 0.339 e. The Morgan fingerprint density at radius 3 is 2.50 bits per heavy atom. The Bertz CT molecular complexity index is 1210. The van der Waals surface area contributed by atoms with E-state index in [0.717, 1.165) is 19.3 Å². The summed E-state index contributed by atoms with van der Waals surface area (Å²) in [5, 5.41) is 24.3. The summed E-state index contributed by atoms with van der Waals surface area (Å²) in [7, 11) is 0. The van der Waals surface area contributed by atoms with Crippen molar-refractivity contribution in [2.75, 3.05) is 5.32 Å². The molecule has 0 amide bonds. The van der Waals surface area contributed by atoms with Crippen LogP contribution in [0.25, 0.3) is 0 Å². The zero-order valence-corrected chi connectivity index (χ0v) is 22.6. The molecule has 2 bridgehead atoms. The molecular weight excluding hydrogens is 501 g/mol. The fraction of sp³-hybridized carbons (Fsp3) is 0.500. The molecular formula is C28H33Cl2NO5. The highest BCUT2D eigenvalue weighted by molar-refractivity contribution is 6.35. The van der Waals surface area contributed by atoms with Gasteiger partial charge in [-0.05, 0) is 72.6 Å². The number of ether oxygens (including phenoxy) is 1. The Morgan fingerprint density at radius 2 is 1.92 bits per heavy atom. The number of phenols is 1. The van der Waals surface area contributed by atoms with Gasteiger partial charge in [0.1, 0.15) is 11.3 Å². The van der Waals surface area contributed by atoms with Crippen molar-refractivity contribution in [2.24, 2.45) is 16.7 Å². The van der Waals surface area contributed by atoms with Crippen LogP contribution < -0.4 is 10.1 Å². The molecule has 0 saturated heterocycles. The van der Waals surface area contributed by atoms with Crippen LogP contribution in [0.3, 0.4) is 0 Å². The summed E-state index contributed by atoms with van der Waals surface area (Å²) in [5.74, 6) is -1.06. The Kier molecular flexibility index (Phi) is 7.24. The second-order valence-corrected chi connectivity index (χ2v) is 11.7.